The molecule has 25 heavy (non-hydrogen) atoms. The highest BCUT2D eigenvalue weighted by molar-refractivity contribution is 9.10. The number of hydrogen-bond acceptors (Lipinski definition) is 4. The van der Waals surface area contributed by atoms with Gasteiger partial charge in [0.25, 0.3) is 0 Å². The topological polar surface area (TPSA) is 63.2 Å². The molecule has 132 valence electrons. The lowest BCUT2D eigenvalue weighted by atomic mass is 10.1. The number of anilines is 1. The van der Waals surface area contributed by atoms with E-state index in [0.29, 0.717) is 4.88 Å². The van der Waals surface area contributed by atoms with Crippen LogP contribution in [-0.2, 0) is 9.59 Å². The molecule has 1 aromatic carbocycles. The maximum atomic E-state index is 12.0. The molecular weight excluding hydrogens is 402 g/mol. The van der Waals surface area contributed by atoms with Gasteiger partial charge in [-0.15, -0.1) is 11.3 Å². The van der Waals surface area contributed by atoms with Gasteiger partial charge in [-0.2, -0.15) is 0 Å². The standard InChI is InChI=1S/C19H20BrNO3S/c1-12-11-14(20)4-7-16(12)21-19(24)10-6-15(22)5-8-17(23)18-9-3-13(2)25-18/h3-4,7,9,11H,5-6,8,10H2,1-2H3,(H,21,24). The number of ketones is 2. The van der Waals surface area contributed by atoms with Gasteiger partial charge in [0.2, 0.25) is 5.91 Å². The molecule has 0 radical (unpaired) electrons. The van der Waals surface area contributed by atoms with Crippen LogP contribution in [0.3, 0.4) is 0 Å². The molecule has 0 atom stereocenters. The molecule has 0 aliphatic rings. The van der Waals surface area contributed by atoms with Crippen molar-refractivity contribution in [2.45, 2.75) is 39.5 Å². The summed E-state index contributed by atoms with van der Waals surface area (Å²) in [6.45, 7) is 3.85. The molecular formula is C19H20BrNO3S. The second-order valence-corrected chi connectivity index (χ2v) is 8.08. The van der Waals surface area contributed by atoms with Crippen molar-refractivity contribution in [1.29, 1.82) is 0 Å². The van der Waals surface area contributed by atoms with E-state index in [1.807, 2.05) is 38.1 Å². The molecule has 2 aromatic rings. The fourth-order valence-corrected chi connectivity index (χ4v) is 3.63. The van der Waals surface area contributed by atoms with Gasteiger partial charge in [0.1, 0.15) is 5.78 Å². The number of benzene rings is 1. The molecule has 1 heterocycles. The Balaban J connectivity index is 1.74. The van der Waals surface area contributed by atoms with Gasteiger partial charge in [0.05, 0.1) is 4.88 Å². The number of carbonyl (C=O) groups excluding carboxylic acids is 3. The molecule has 2 rings (SSSR count). The first kappa shape index (κ1) is 19.5. The zero-order valence-electron chi connectivity index (χ0n) is 14.2. The Morgan fingerprint density at radius 1 is 1.00 bits per heavy atom. The van der Waals surface area contributed by atoms with Crippen LogP contribution in [0.15, 0.2) is 34.8 Å². The van der Waals surface area contributed by atoms with Crippen molar-refractivity contribution in [3.8, 4) is 0 Å². The molecule has 6 heteroatoms. The van der Waals surface area contributed by atoms with E-state index in [0.717, 1.165) is 20.6 Å². The normalized spacial score (nSPS) is 10.5. The molecule has 0 aliphatic heterocycles. The van der Waals surface area contributed by atoms with Gasteiger partial charge in [0, 0.05) is 40.7 Å². The molecule has 1 N–H and O–H groups in total. The Labute approximate surface area is 159 Å². The molecule has 0 saturated heterocycles. The summed E-state index contributed by atoms with van der Waals surface area (Å²) >= 11 is 4.82. The highest BCUT2D eigenvalue weighted by Crippen LogP contribution is 2.20. The first-order valence-corrected chi connectivity index (χ1v) is 9.63. The molecule has 0 spiro atoms. The SMILES string of the molecule is Cc1ccc(C(=O)CCC(=O)CCC(=O)Nc2ccc(Br)cc2C)s1. The molecule has 0 saturated carbocycles. The number of amides is 1. The summed E-state index contributed by atoms with van der Waals surface area (Å²) in [6.07, 6.45) is 0.658. The minimum absolute atomic E-state index is 0.0126. The van der Waals surface area contributed by atoms with Crippen LogP contribution in [0.1, 0.15) is 45.8 Å². The quantitative estimate of drug-likeness (QED) is 0.604. The van der Waals surface area contributed by atoms with E-state index < -0.39 is 0 Å². The minimum atomic E-state index is -0.195. The largest absolute Gasteiger partial charge is 0.326 e. The van der Waals surface area contributed by atoms with Crippen molar-refractivity contribution >= 4 is 50.4 Å². The minimum Gasteiger partial charge on any atom is -0.326 e. The molecule has 0 aliphatic carbocycles. The Morgan fingerprint density at radius 2 is 1.72 bits per heavy atom. The third-order valence-electron chi connectivity index (χ3n) is 3.74. The van der Waals surface area contributed by atoms with Gasteiger partial charge in [-0.05, 0) is 49.7 Å². The van der Waals surface area contributed by atoms with E-state index in [1.165, 1.54) is 11.3 Å². The van der Waals surface area contributed by atoms with Crippen LogP contribution in [-0.4, -0.2) is 17.5 Å². The van der Waals surface area contributed by atoms with E-state index in [1.54, 1.807) is 6.07 Å². The first-order valence-electron chi connectivity index (χ1n) is 8.02. The van der Waals surface area contributed by atoms with Gasteiger partial charge in [0.15, 0.2) is 5.78 Å². The van der Waals surface area contributed by atoms with Crippen molar-refractivity contribution < 1.29 is 14.4 Å². The number of nitrogens with one attached hydrogen (secondary N) is 1. The Kier molecular flexibility index (Phi) is 7.08. The Morgan fingerprint density at radius 3 is 2.36 bits per heavy atom. The second-order valence-electron chi connectivity index (χ2n) is 5.88. The maximum absolute atomic E-state index is 12.0. The number of thiophene rings is 1. The van der Waals surface area contributed by atoms with Crippen LogP contribution in [0, 0.1) is 13.8 Å². The molecule has 4 nitrogen and oxygen atoms in total. The fraction of sp³-hybridized carbons (Fsp3) is 0.316. The average molecular weight is 422 g/mol. The van der Waals surface area contributed by atoms with Crippen molar-refractivity contribution in [2.75, 3.05) is 5.32 Å². The monoisotopic (exact) mass is 421 g/mol. The zero-order valence-corrected chi connectivity index (χ0v) is 16.6. The van der Waals surface area contributed by atoms with Crippen molar-refractivity contribution in [3.63, 3.8) is 0 Å². The van der Waals surface area contributed by atoms with E-state index in [2.05, 4.69) is 21.2 Å². The summed E-state index contributed by atoms with van der Waals surface area (Å²) in [6, 6.07) is 9.28. The lowest BCUT2D eigenvalue weighted by Crippen LogP contribution is -2.14. The van der Waals surface area contributed by atoms with Gasteiger partial charge in [-0.25, -0.2) is 0 Å². The second kappa shape index (κ2) is 9.06. The lowest BCUT2D eigenvalue weighted by molar-refractivity contribution is -0.122. The number of aryl methyl sites for hydroxylation is 2. The molecule has 1 aromatic heterocycles. The van der Waals surface area contributed by atoms with Gasteiger partial charge in [-0.1, -0.05) is 15.9 Å². The van der Waals surface area contributed by atoms with Crippen LogP contribution >= 0.6 is 27.3 Å². The number of halogens is 1. The van der Waals surface area contributed by atoms with Gasteiger partial charge >= 0.3 is 0 Å². The van der Waals surface area contributed by atoms with Crippen molar-refractivity contribution in [3.05, 3.63) is 50.1 Å². The molecule has 1 amide bonds. The number of hydrogen-bond donors (Lipinski definition) is 1. The van der Waals surface area contributed by atoms with E-state index in [-0.39, 0.29) is 43.2 Å². The number of rotatable bonds is 8. The van der Waals surface area contributed by atoms with E-state index in [9.17, 15) is 14.4 Å². The van der Waals surface area contributed by atoms with Crippen LogP contribution in [0.25, 0.3) is 0 Å². The average Bonchev–Trinajstić information content (AvgIpc) is 3.00. The van der Waals surface area contributed by atoms with Crippen LogP contribution < -0.4 is 5.32 Å². The molecule has 0 fully saturated rings. The van der Waals surface area contributed by atoms with Crippen LogP contribution in [0.5, 0.6) is 0 Å². The van der Waals surface area contributed by atoms with Crippen LogP contribution in [0.4, 0.5) is 5.69 Å². The summed E-state index contributed by atoms with van der Waals surface area (Å²) in [4.78, 5) is 37.6. The predicted octanol–water partition coefficient (Wildman–Crippen LogP) is 5.08. The third-order valence-corrected chi connectivity index (χ3v) is 5.27. The Bertz CT molecular complexity index is 798. The van der Waals surface area contributed by atoms with Crippen molar-refractivity contribution in [1.82, 2.24) is 0 Å². The first-order chi connectivity index (χ1) is 11.8. The summed E-state index contributed by atoms with van der Waals surface area (Å²) in [5.41, 5.74) is 1.69. The summed E-state index contributed by atoms with van der Waals surface area (Å²) in [5.74, 6) is -0.273. The highest BCUT2D eigenvalue weighted by Gasteiger charge is 2.13. The number of Topliss-reactive ketones (excluding diaryl/α,β-unsaturated/α-hetero) is 2. The fourth-order valence-electron chi connectivity index (χ4n) is 2.32. The Hall–Kier alpha value is -1.79. The summed E-state index contributed by atoms with van der Waals surface area (Å²) in [7, 11) is 0. The summed E-state index contributed by atoms with van der Waals surface area (Å²) < 4.78 is 0.948. The third kappa shape index (κ3) is 6.21. The van der Waals surface area contributed by atoms with E-state index >= 15 is 0 Å². The molecule has 0 bridgehead atoms. The smallest absolute Gasteiger partial charge is 0.224 e. The highest BCUT2D eigenvalue weighted by atomic mass is 79.9. The maximum Gasteiger partial charge on any atom is 0.224 e. The van der Waals surface area contributed by atoms with Gasteiger partial charge < -0.3 is 5.32 Å². The predicted molar refractivity (Wildman–Crippen MR) is 104 cm³/mol. The zero-order chi connectivity index (χ0) is 18.4. The van der Waals surface area contributed by atoms with E-state index in [4.69, 9.17) is 0 Å². The van der Waals surface area contributed by atoms with Gasteiger partial charge in [-0.3, -0.25) is 14.4 Å². The lowest BCUT2D eigenvalue weighted by Gasteiger charge is -2.08. The summed E-state index contributed by atoms with van der Waals surface area (Å²) in [5, 5.41) is 2.81. The van der Waals surface area contributed by atoms with Crippen LogP contribution in [0.2, 0.25) is 0 Å². The van der Waals surface area contributed by atoms with Crippen molar-refractivity contribution in [2.24, 2.45) is 0 Å². The number of carbonyl (C=O) groups is 3. The molecule has 0 unspecified atom stereocenters.